The van der Waals surface area contributed by atoms with E-state index in [-0.39, 0.29) is 12.2 Å². The molecule has 25 heavy (non-hydrogen) atoms. The van der Waals surface area contributed by atoms with E-state index in [0.29, 0.717) is 5.92 Å². The lowest BCUT2D eigenvalue weighted by molar-refractivity contribution is 0.0379. The highest BCUT2D eigenvalue weighted by Crippen LogP contribution is 2.34. The molecule has 0 aromatic rings. The van der Waals surface area contributed by atoms with Crippen LogP contribution in [0.1, 0.15) is 57.8 Å². The van der Waals surface area contributed by atoms with Gasteiger partial charge >= 0.3 is 0 Å². The third-order valence-corrected chi connectivity index (χ3v) is 5.55. The van der Waals surface area contributed by atoms with Crippen molar-refractivity contribution in [2.75, 3.05) is 7.05 Å². The van der Waals surface area contributed by atoms with Gasteiger partial charge in [0.05, 0.1) is 17.9 Å². The van der Waals surface area contributed by atoms with Crippen LogP contribution in [0.15, 0.2) is 46.2 Å². The van der Waals surface area contributed by atoms with Crippen molar-refractivity contribution in [1.82, 2.24) is 0 Å². The molecule has 0 saturated heterocycles. The van der Waals surface area contributed by atoms with E-state index in [4.69, 9.17) is 4.74 Å². The minimum Gasteiger partial charge on any atom is -0.488 e. The molecule has 0 amide bonds. The lowest BCUT2D eigenvalue weighted by Gasteiger charge is -2.30. The fourth-order valence-electron chi connectivity index (χ4n) is 4.11. The molecule has 0 radical (unpaired) electrons. The smallest absolute Gasteiger partial charge is 0.147 e. The number of aliphatic hydroxyl groups is 1. The number of allylic oxidation sites excluding steroid dienone is 4. The molecule has 4 nitrogen and oxygen atoms in total. The molecule has 0 heterocycles. The second kappa shape index (κ2) is 8.61. The van der Waals surface area contributed by atoms with Crippen LogP contribution in [0.4, 0.5) is 0 Å². The Hall–Kier alpha value is -1.68. The first kappa shape index (κ1) is 18.1. The summed E-state index contributed by atoms with van der Waals surface area (Å²) in [6.07, 6.45) is 15.7. The maximum absolute atomic E-state index is 9.73. The summed E-state index contributed by atoms with van der Waals surface area (Å²) in [5, 5.41) is 9.73. The molecule has 0 aromatic heterocycles. The molecule has 0 aromatic carbocycles. The Morgan fingerprint density at radius 3 is 2.44 bits per heavy atom. The van der Waals surface area contributed by atoms with Gasteiger partial charge in [0.25, 0.3) is 0 Å². The van der Waals surface area contributed by atoms with Crippen LogP contribution in [-0.4, -0.2) is 35.8 Å². The topological polar surface area (TPSA) is 54.2 Å². The average molecular weight is 342 g/mol. The van der Waals surface area contributed by atoms with Gasteiger partial charge in [-0.2, -0.15) is 0 Å². The van der Waals surface area contributed by atoms with Crippen molar-refractivity contribution in [3.05, 3.63) is 36.3 Å². The first-order valence-corrected chi connectivity index (χ1v) is 9.65. The van der Waals surface area contributed by atoms with Crippen molar-refractivity contribution in [3.63, 3.8) is 0 Å². The zero-order valence-electron chi connectivity index (χ0n) is 15.3. The summed E-state index contributed by atoms with van der Waals surface area (Å²) in [7, 11) is 1.81. The van der Waals surface area contributed by atoms with Crippen molar-refractivity contribution in [3.8, 4) is 0 Å². The molecule has 3 rings (SSSR count). The number of aliphatic imine (C=N–C) groups is 2. The summed E-state index contributed by atoms with van der Waals surface area (Å²) in [6, 6.07) is 0. The highest BCUT2D eigenvalue weighted by atomic mass is 16.5. The van der Waals surface area contributed by atoms with Crippen LogP contribution in [0.25, 0.3) is 0 Å². The van der Waals surface area contributed by atoms with Crippen LogP contribution in [0.2, 0.25) is 0 Å². The molecule has 0 unspecified atom stereocenters. The predicted molar refractivity (Wildman–Crippen MR) is 103 cm³/mol. The van der Waals surface area contributed by atoms with Gasteiger partial charge in [-0.3, -0.25) is 9.98 Å². The Morgan fingerprint density at radius 1 is 1.08 bits per heavy atom. The lowest BCUT2D eigenvalue weighted by atomic mass is 9.81. The van der Waals surface area contributed by atoms with Gasteiger partial charge in [0.15, 0.2) is 0 Å². The number of rotatable bonds is 4. The minimum atomic E-state index is -0.174. The van der Waals surface area contributed by atoms with E-state index in [2.05, 4.69) is 28.7 Å². The minimum absolute atomic E-state index is 0.147. The van der Waals surface area contributed by atoms with Crippen LogP contribution in [-0.2, 0) is 4.74 Å². The molecule has 4 heteroatoms. The standard InChI is InChI=1S/C21H30N2O2/c1-3-23-21-19(22-2)13-16(15-7-5-4-6-8-15)14-20(21)25-18-11-9-17(24)10-12-18/h3,13-15,17-18,24H,1,4-12H2,2H3/b22-19-,23-21+/t17-,18+. The monoisotopic (exact) mass is 342 g/mol. The molecule has 0 aliphatic heterocycles. The van der Waals surface area contributed by atoms with Gasteiger partial charge < -0.3 is 9.84 Å². The number of hydrogen-bond acceptors (Lipinski definition) is 4. The van der Waals surface area contributed by atoms with Crippen LogP contribution < -0.4 is 0 Å². The summed E-state index contributed by atoms with van der Waals surface area (Å²) in [5.74, 6) is 1.42. The van der Waals surface area contributed by atoms with E-state index in [1.54, 1.807) is 6.20 Å². The fraction of sp³-hybridized carbons (Fsp3) is 0.619. The zero-order valence-corrected chi connectivity index (χ0v) is 15.3. The number of ether oxygens (including phenoxy) is 1. The third-order valence-electron chi connectivity index (χ3n) is 5.55. The van der Waals surface area contributed by atoms with Crippen molar-refractivity contribution < 1.29 is 9.84 Å². The van der Waals surface area contributed by atoms with Crippen molar-refractivity contribution in [1.29, 1.82) is 0 Å². The van der Waals surface area contributed by atoms with Crippen LogP contribution in [0.3, 0.4) is 0 Å². The Bertz CT molecular complexity index is 601. The number of nitrogens with zero attached hydrogens (tertiary/aromatic N) is 2. The first-order chi connectivity index (χ1) is 12.2. The van der Waals surface area contributed by atoms with E-state index >= 15 is 0 Å². The highest BCUT2D eigenvalue weighted by molar-refractivity contribution is 6.52. The number of aliphatic hydroxyl groups excluding tert-OH is 1. The van der Waals surface area contributed by atoms with Crippen molar-refractivity contribution in [2.45, 2.75) is 70.0 Å². The van der Waals surface area contributed by atoms with Crippen molar-refractivity contribution >= 4 is 11.4 Å². The highest BCUT2D eigenvalue weighted by Gasteiger charge is 2.28. The molecule has 2 fully saturated rings. The van der Waals surface area contributed by atoms with E-state index in [0.717, 1.165) is 42.9 Å². The molecule has 0 bridgehead atoms. The summed E-state index contributed by atoms with van der Waals surface area (Å²) >= 11 is 0. The molecule has 136 valence electrons. The van der Waals surface area contributed by atoms with E-state index < -0.39 is 0 Å². The Morgan fingerprint density at radius 2 is 1.80 bits per heavy atom. The van der Waals surface area contributed by atoms with Crippen LogP contribution in [0, 0.1) is 5.92 Å². The zero-order chi connectivity index (χ0) is 17.6. The Kier molecular flexibility index (Phi) is 6.24. The lowest BCUT2D eigenvalue weighted by Crippen LogP contribution is -2.29. The van der Waals surface area contributed by atoms with Gasteiger partial charge in [0, 0.05) is 13.2 Å². The van der Waals surface area contributed by atoms with Gasteiger partial charge in [-0.25, -0.2) is 0 Å². The molecular weight excluding hydrogens is 312 g/mol. The molecule has 0 atom stereocenters. The first-order valence-electron chi connectivity index (χ1n) is 9.65. The quantitative estimate of drug-likeness (QED) is 0.772. The largest absolute Gasteiger partial charge is 0.488 e. The third kappa shape index (κ3) is 4.49. The molecule has 2 saturated carbocycles. The Balaban J connectivity index is 1.84. The molecule has 1 N–H and O–H groups in total. The van der Waals surface area contributed by atoms with Gasteiger partial charge in [-0.1, -0.05) is 25.8 Å². The fourth-order valence-corrected chi connectivity index (χ4v) is 4.11. The van der Waals surface area contributed by atoms with E-state index in [9.17, 15) is 5.11 Å². The van der Waals surface area contributed by atoms with Crippen LogP contribution >= 0.6 is 0 Å². The van der Waals surface area contributed by atoms with Gasteiger partial charge in [-0.15, -0.1) is 0 Å². The molecule has 0 spiro atoms. The molecule has 3 aliphatic rings. The van der Waals surface area contributed by atoms with Gasteiger partial charge in [0.1, 0.15) is 11.5 Å². The summed E-state index contributed by atoms with van der Waals surface area (Å²) in [6.45, 7) is 3.74. The van der Waals surface area contributed by atoms with E-state index in [1.807, 2.05) is 7.05 Å². The van der Waals surface area contributed by atoms with Gasteiger partial charge in [0.2, 0.25) is 0 Å². The summed E-state index contributed by atoms with van der Waals surface area (Å²) in [5.41, 5.74) is 2.99. The SMILES string of the molecule is C=C/N=C1/C(O[C@H]2CC[C@@H](O)CC2)=CC(C2CCCCC2)=C/C1=N/C. The Labute approximate surface area is 151 Å². The maximum Gasteiger partial charge on any atom is 0.147 e. The normalized spacial score (nSPS) is 31.6. The summed E-state index contributed by atoms with van der Waals surface area (Å²) in [4.78, 5) is 8.89. The maximum atomic E-state index is 9.73. The average Bonchev–Trinajstić information content (AvgIpc) is 2.65. The van der Waals surface area contributed by atoms with Gasteiger partial charge in [-0.05, 0) is 62.2 Å². The molecular formula is C21H30N2O2. The second-order valence-electron chi connectivity index (χ2n) is 7.31. The van der Waals surface area contributed by atoms with Crippen LogP contribution in [0.5, 0.6) is 0 Å². The molecule has 3 aliphatic carbocycles. The summed E-state index contributed by atoms with van der Waals surface area (Å²) < 4.78 is 6.35. The predicted octanol–water partition coefficient (Wildman–Crippen LogP) is 4.37. The number of hydrogen-bond donors (Lipinski definition) is 1. The second-order valence-corrected chi connectivity index (χ2v) is 7.31. The van der Waals surface area contributed by atoms with Crippen molar-refractivity contribution in [2.24, 2.45) is 15.9 Å². The van der Waals surface area contributed by atoms with E-state index in [1.165, 1.54) is 37.7 Å².